The predicted octanol–water partition coefficient (Wildman–Crippen LogP) is 3.31. The number of benzene rings is 1. The number of amides is 2. The SMILES string of the molecule is O=C1c2ccccc2C(=O)N1CN1CCc2sccc2[C@H]1C1CC1. The Bertz CT molecular complexity index is 804. The third-order valence-corrected chi connectivity index (χ3v) is 6.38. The first-order chi connectivity index (χ1) is 11.7. The maximum absolute atomic E-state index is 12.6. The Kier molecular flexibility index (Phi) is 3.15. The van der Waals surface area contributed by atoms with E-state index in [-0.39, 0.29) is 11.8 Å². The molecule has 3 aliphatic rings. The van der Waals surface area contributed by atoms with Crippen LogP contribution in [0, 0.1) is 5.92 Å². The molecular formula is C19H18N2O2S. The molecule has 5 heteroatoms. The molecule has 1 fully saturated rings. The molecule has 2 aliphatic heterocycles. The normalized spacial score (nSPS) is 23.5. The number of carbonyl (C=O) groups is 2. The summed E-state index contributed by atoms with van der Waals surface area (Å²) in [4.78, 5) is 30.5. The van der Waals surface area contributed by atoms with E-state index in [1.165, 1.54) is 28.2 Å². The summed E-state index contributed by atoms with van der Waals surface area (Å²) in [5, 5.41) is 2.17. The first-order valence-electron chi connectivity index (χ1n) is 8.49. The summed E-state index contributed by atoms with van der Waals surface area (Å²) in [6.45, 7) is 1.32. The Morgan fingerprint density at radius 1 is 1.04 bits per heavy atom. The van der Waals surface area contributed by atoms with Crippen molar-refractivity contribution in [2.75, 3.05) is 13.2 Å². The molecule has 0 unspecified atom stereocenters. The fourth-order valence-electron chi connectivity index (χ4n) is 4.07. The van der Waals surface area contributed by atoms with E-state index in [0.717, 1.165) is 13.0 Å². The van der Waals surface area contributed by atoms with Gasteiger partial charge in [-0.25, -0.2) is 0 Å². The van der Waals surface area contributed by atoms with Gasteiger partial charge in [-0.1, -0.05) is 12.1 Å². The first-order valence-corrected chi connectivity index (χ1v) is 9.37. The molecule has 0 saturated heterocycles. The van der Waals surface area contributed by atoms with E-state index in [0.29, 0.717) is 29.8 Å². The third kappa shape index (κ3) is 2.08. The number of nitrogens with zero attached hydrogens (tertiary/aromatic N) is 2. The minimum atomic E-state index is -0.152. The lowest BCUT2D eigenvalue weighted by Crippen LogP contribution is -2.45. The molecular weight excluding hydrogens is 320 g/mol. The summed E-state index contributed by atoms with van der Waals surface area (Å²) in [6.07, 6.45) is 3.51. The van der Waals surface area contributed by atoms with E-state index in [4.69, 9.17) is 0 Å². The van der Waals surface area contributed by atoms with Crippen molar-refractivity contribution in [1.29, 1.82) is 0 Å². The fraction of sp³-hybridized carbons (Fsp3) is 0.368. The van der Waals surface area contributed by atoms with Gasteiger partial charge in [0.15, 0.2) is 0 Å². The fourth-order valence-corrected chi connectivity index (χ4v) is 4.98. The van der Waals surface area contributed by atoms with Crippen LogP contribution in [0.25, 0.3) is 0 Å². The highest BCUT2D eigenvalue weighted by Gasteiger charge is 2.43. The largest absolute Gasteiger partial charge is 0.278 e. The molecule has 0 radical (unpaired) electrons. The molecule has 1 aromatic carbocycles. The standard InChI is InChI=1S/C19H18N2O2S/c22-18-13-3-1-2-4-14(13)19(23)21(18)11-20-9-7-16-15(8-10-24-16)17(20)12-5-6-12/h1-4,8,10,12,17H,5-7,9,11H2/t17-/m1/s1. The second-order valence-corrected chi connectivity index (χ2v) is 7.87. The number of imide groups is 1. The molecule has 1 atom stereocenters. The molecule has 1 saturated carbocycles. The van der Waals surface area contributed by atoms with Crippen molar-refractivity contribution < 1.29 is 9.59 Å². The summed E-state index contributed by atoms with van der Waals surface area (Å²) in [5.41, 5.74) is 2.50. The van der Waals surface area contributed by atoms with E-state index in [1.54, 1.807) is 12.1 Å². The Labute approximate surface area is 144 Å². The maximum Gasteiger partial charge on any atom is 0.262 e. The van der Waals surface area contributed by atoms with E-state index in [2.05, 4.69) is 16.3 Å². The van der Waals surface area contributed by atoms with Gasteiger partial charge in [-0.3, -0.25) is 19.4 Å². The van der Waals surface area contributed by atoms with E-state index in [1.807, 2.05) is 23.5 Å². The van der Waals surface area contributed by atoms with E-state index < -0.39 is 0 Å². The number of hydrogen-bond donors (Lipinski definition) is 0. The molecule has 2 amide bonds. The number of carbonyl (C=O) groups excluding carboxylic acids is 2. The van der Waals surface area contributed by atoms with Crippen LogP contribution in [0.3, 0.4) is 0 Å². The van der Waals surface area contributed by atoms with Crippen LogP contribution in [0.4, 0.5) is 0 Å². The molecule has 1 aromatic heterocycles. The average molecular weight is 338 g/mol. The van der Waals surface area contributed by atoms with Crippen LogP contribution in [-0.4, -0.2) is 34.8 Å². The Balaban J connectivity index is 1.44. The van der Waals surface area contributed by atoms with Gasteiger partial charge in [0.1, 0.15) is 0 Å². The molecule has 4 nitrogen and oxygen atoms in total. The van der Waals surface area contributed by atoms with Crippen molar-refractivity contribution in [3.8, 4) is 0 Å². The zero-order valence-electron chi connectivity index (χ0n) is 13.3. The molecule has 0 spiro atoms. The molecule has 5 rings (SSSR count). The second-order valence-electron chi connectivity index (χ2n) is 6.87. The lowest BCUT2D eigenvalue weighted by atomic mass is 9.96. The van der Waals surface area contributed by atoms with Gasteiger partial charge >= 0.3 is 0 Å². The van der Waals surface area contributed by atoms with Crippen LogP contribution in [0.15, 0.2) is 35.7 Å². The van der Waals surface area contributed by atoms with Gasteiger partial charge in [-0.05, 0) is 54.3 Å². The Hall–Kier alpha value is -1.98. The van der Waals surface area contributed by atoms with Gasteiger partial charge < -0.3 is 0 Å². The van der Waals surface area contributed by atoms with E-state index in [9.17, 15) is 9.59 Å². The van der Waals surface area contributed by atoms with Crippen molar-refractivity contribution in [2.45, 2.75) is 25.3 Å². The minimum absolute atomic E-state index is 0.152. The number of rotatable bonds is 3. The summed E-state index contributed by atoms with van der Waals surface area (Å²) in [7, 11) is 0. The third-order valence-electron chi connectivity index (χ3n) is 5.39. The Morgan fingerprint density at radius 2 is 1.75 bits per heavy atom. The smallest absolute Gasteiger partial charge is 0.262 e. The number of thiophene rings is 1. The molecule has 2 aromatic rings. The zero-order valence-corrected chi connectivity index (χ0v) is 14.1. The van der Waals surface area contributed by atoms with Crippen molar-refractivity contribution >= 4 is 23.2 Å². The predicted molar refractivity (Wildman–Crippen MR) is 92.0 cm³/mol. The number of hydrogen-bond acceptors (Lipinski definition) is 4. The van der Waals surface area contributed by atoms with Crippen molar-refractivity contribution in [3.63, 3.8) is 0 Å². The number of fused-ring (bicyclic) bond motifs is 2. The molecule has 0 N–H and O–H groups in total. The monoisotopic (exact) mass is 338 g/mol. The maximum atomic E-state index is 12.6. The molecule has 0 bridgehead atoms. The van der Waals surface area contributed by atoms with Crippen molar-refractivity contribution in [3.05, 3.63) is 57.3 Å². The van der Waals surface area contributed by atoms with Gasteiger partial charge in [-0.2, -0.15) is 0 Å². The quantitative estimate of drug-likeness (QED) is 0.806. The summed E-state index contributed by atoms with van der Waals surface area (Å²) in [6, 6.07) is 9.74. The highest BCUT2D eigenvalue weighted by Crippen LogP contribution is 2.48. The van der Waals surface area contributed by atoms with Gasteiger partial charge in [0.25, 0.3) is 11.8 Å². The van der Waals surface area contributed by atoms with Crippen LogP contribution >= 0.6 is 11.3 Å². The van der Waals surface area contributed by atoms with Crippen molar-refractivity contribution in [1.82, 2.24) is 9.80 Å². The second kappa shape index (κ2) is 5.26. The Morgan fingerprint density at radius 3 is 2.42 bits per heavy atom. The molecule has 1 aliphatic carbocycles. The van der Waals surface area contributed by atoms with E-state index >= 15 is 0 Å². The van der Waals surface area contributed by atoms with Gasteiger partial charge in [0, 0.05) is 17.5 Å². The molecule has 122 valence electrons. The zero-order chi connectivity index (χ0) is 16.3. The summed E-state index contributed by atoms with van der Waals surface area (Å²) < 4.78 is 0. The molecule has 3 heterocycles. The highest BCUT2D eigenvalue weighted by atomic mass is 32.1. The van der Waals surface area contributed by atoms with Gasteiger partial charge in [0.05, 0.1) is 17.8 Å². The lowest BCUT2D eigenvalue weighted by Gasteiger charge is -2.37. The summed E-state index contributed by atoms with van der Waals surface area (Å²) >= 11 is 1.84. The molecule has 24 heavy (non-hydrogen) atoms. The van der Waals surface area contributed by atoms with Crippen LogP contribution in [0.5, 0.6) is 0 Å². The average Bonchev–Trinajstić information content (AvgIpc) is 3.28. The van der Waals surface area contributed by atoms with Gasteiger partial charge in [0.2, 0.25) is 0 Å². The first kappa shape index (κ1) is 14.4. The van der Waals surface area contributed by atoms with Crippen LogP contribution < -0.4 is 0 Å². The van der Waals surface area contributed by atoms with Crippen LogP contribution in [0.2, 0.25) is 0 Å². The van der Waals surface area contributed by atoms with Crippen molar-refractivity contribution in [2.24, 2.45) is 5.92 Å². The van der Waals surface area contributed by atoms with Crippen LogP contribution in [0.1, 0.15) is 50.0 Å². The minimum Gasteiger partial charge on any atom is -0.278 e. The summed E-state index contributed by atoms with van der Waals surface area (Å²) in [5.74, 6) is 0.372. The lowest BCUT2D eigenvalue weighted by molar-refractivity contribution is 0.0444. The van der Waals surface area contributed by atoms with Crippen LogP contribution in [-0.2, 0) is 6.42 Å². The highest BCUT2D eigenvalue weighted by molar-refractivity contribution is 7.10. The van der Waals surface area contributed by atoms with Gasteiger partial charge in [-0.15, -0.1) is 11.3 Å². The topological polar surface area (TPSA) is 40.6 Å².